The molecule has 0 saturated carbocycles. The minimum Gasteiger partial charge on any atom is -0.371 e. The van der Waals surface area contributed by atoms with E-state index in [1.807, 2.05) is 30.4 Å². The number of anilines is 1. The molecule has 3 heterocycles. The molecule has 0 radical (unpaired) electrons. The van der Waals surface area contributed by atoms with Crippen LogP contribution >= 0.6 is 0 Å². The van der Waals surface area contributed by atoms with E-state index in [0.29, 0.717) is 11.7 Å². The van der Waals surface area contributed by atoms with E-state index in [1.54, 1.807) is 5.57 Å². The standard InChI is InChI=1S/C25H28N4O/c1-3-16(4-2)17-12-13-29(15-17)18-10-11-21-22(14-18)27-24(26-21)23-19-8-6-5-7-9-20(19)28-25(23)30/h3,5-11,14,17,25,28,30H,4,12-13,15H2,1-2H3,(H,26,27)/b16-3-/t17-,25?/m1/s1. The molecule has 2 atom stereocenters. The van der Waals surface area contributed by atoms with Crippen LogP contribution in [0.3, 0.4) is 0 Å². The van der Waals surface area contributed by atoms with E-state index in [-0.39, 0.29) is 0 Å². The molecule has 1 fully saturated rings. The van der Waals surface area contributed by atoms with Crippen LogP contribution in [0, 0.1) is 5.92 Å². The van der Waals surface area contributed by atoms with Crippen LogP contribution in [-0.4, -0.2) is 34.4 Å². The summed E-state index contributed by atoms with van der Waals surface area (Å²) in [5.74, 6) is 1.37. The maximum atomic E-state index is 10.6. The van der Waals surface area contributed by atoms with Crippen molar-refractivity contribution in [3.05, 3.63) is 77.3 Å². The van der Waals surface area contributed by atoms with E-state index in [4.69, 9.17) is 4.98 Å². The predicted molar refractivity (Wildman–Crippen MR) is 123 cm³/mol. The SMILES string of the molecule is C/C=C(/CC)[C@@H]1CCN(c2ccc3nc(C4=C5C=CC=CC=C5NC4O)[nH]c3c2)C1. The zero-order valence-corrected chi connectivity index (χ0v) is 17.5. The van der Waals surface area contributed by atoms with Gasteiger partial charge in [0, 0.05) is 30.0 Å². The first-order chi connectivity index (χ1) is 14.7. The second-order valence-electron chi connectivity index (χ2n) is 8.13. The van der Waals surface area contributed by atoms with E-state index in [0.717, 1.165) is 47.4 Å². The van der Waals surface area contributed by atoms with Crippen molar-refractivity contribution in [1.29, 1.82) is 0 Å². The van der Waals surface area contributed by atoms with Gasteiger partial charge >= 0.3 is 0 Å². The summed E-state index contributed by atoms with van der Waals surface area (Å²) < 4.78 is 0. The van der Waals surface area contributed by atoms with Crippen LogP contribution in [0.5, 0.6) is 0 Å². The molecular formula is C25H28N4O. The van der Waals surface area contributed by atoms with Gasteiger partial charge in [0.25, 0.3) is 0 Å². The number of aromatic amines is 1. The van der Waals surface area contributed by atoms with Gasteiger partial charge in [-0.15, -0.1) is 0 Å². The van der Waals surface area contributed by atoms with E-state index in [9.17, 15) is 5.11 Å². The predicted octanol–water partition coefficient (Wildman–Crippen LogP) is 4.43. The summed E-state index contributed by atoms with van der Waals surface area (Å²) in [4.78, 5) is 10.7. The summed E-state index contributed by atoms with van der Waals surface area (Å²) >= 11 is 0. The van der Waals surface area contributed by atoms with E-state index in [1.165, 1.54) is 12.1 Å². The summed E-state index contributed by atoms with van der Waals surface area (Å²) in [5, 5.41) is 13.7. The Morgan fingerprint density at radius 2 is 2.20 bits per heavy atom. The second-order valence-corrected chi connectivity index (χ2v) is 8.13. The maximum Gasteiger partial charge on any atom is 0.155 e. The lowest BCUT2D eigenvalue weighted by Crippen LogP contribution is -2.22. The highest BCUT2D eigenvalue weighted by molar-refractivity contribution is 5.86. The first-order valence-electron chi connectivity index (χ1n) is 10.8. The molecule has 1 saturated heterocycles. The Morgan fingerprint density at radius 1 is 1.30 bits per heavy atom. The van der Waals surface area contributed by atoms with Crippen molar-refractivity contribution in [2.24, 2.45) is 5.92 Å². The van der Waals surface area contributed by atoms with Crippen molar-refractivity contribution in [2.75, 3.05) is 18.0 Å². The van der Waals surface area contributed by atoms with Gasteiger partial charge in [0.05, 0.1) is 16.6 Å². The summed E-state index contributed by atoms with van der Waals surface area (Å²) in [6.07, 6.45) is 13.8. The van der Waals surface area contributed by atoms with Gasteiger partial charge < -0.3 is 20.3 Å². The van der Waals surface area contributed by atoms with Gasteiger partial charge in [-0.1, -0.05) is 42.9 Å². The van der Waals surface area contributed by atoms with Crippen LogP contribution in [0.1, 0.15) is 32.5 Å². The van der Waals surface area contributed by atoms with Crippen molar-refractivity contribution in [3.63, 3.8) is 0 Å². The van der Waals surface area contributed by atoms with Gasteiger partial charge in [0.15, 0.2) is 6.23 Å². The average Bonchev–Trinajstić information content (AvgIpc) is 3.42. The first kappa shape index (κ1) is 18.9. The molecule has 1 aromatic carbocycles. The topological polar surface area (TPSA) is 64.2 Å². The lowest BCUT2D eigenvalue weighted by atomic mass is 9.96. The number of aliphatic hydroxyl groups is 1. The molecule has 2 aromatic rings. The summed E-state index contributed by atoms with van der Waals surface area (Å²) in [5.41, 5.74) is 7.40. The summed E-state index contributed by atoms with van der Waals surface area (Å²) in [6, 6.07) is 6.44. The molecule has 0 amide bonds. The minimum atomic E-state index is -0.768. The molecule has 2 aliphatic heterocycles. The molecule has 5 rings (SSSR count). The molecule has 3 aliphatic rings. The van der Waals surface area contributed by atoms with Crippen LogP contribution < -0.4 is 10.2 Å². The number of hydrogen-bond acceptors (Lipinski definition) is 4. The number of hydrogen-bond donors (Lipinski definition) is 3. The van der Waals surface area contributed by atoms with Crippen molar-refractivity contribution in [1.82, 2.24) is 15.3 Å². The van der Waals surface area contributed by atoms with Crippen LogP contribution in [0.15, 0.2) is 71.5 Å². The molecule has 3 N–H and O–H groups in total. The van der Waals surface area contributed by atoms with Crippen molar-refractivity contribution in [2.45, 2.75) is 32.9 Å². The minimum absolute atomic E-state index is 0.653. The summed E-state index contributed by atoms with van der Waals surface area (Å²) in [6.45, 7) is 6.56. The fourth-order valence-electron chi connectivity index (χ4n) is 4.88. The molecule has 1 aromatic heterocycles. The molecule has 30 heavy (non-hydrogen) atoms. The number of imidazole rings is 1. The van der Waals surface area contributed by atoms with Crippen molar-refractivity contribution < 1.29 is 5.11 Å². The largest absolute Gasteiger partial charge is 0.371 e. The van der Waals surface area contributed by atoms with E-state index in [2.05, 4.69) is 53.3 Å². The molecule has 0 spiro atoms. The van der Waals surface area contributed by atoms with Gasteiger partial charge in [-0.3, -0.25) is 0 Å². The van der Waals surface area contributed by atoms with E-state index < -0.39 is 6.23 Å². The van der Waals surface area contributed by atoms with Crippen LogP contribution in [0.4, 0.5) is 5.69 Å². The Bertz CT molecular complexity index is 1130. The number of benzene rings is 1. The monoisotopic (exact) mass is 400 g/mol. The average molecular weight is 401 g/mol. The van der Waals surface area contributed by atoms with Crippen LogP contribution in [0.2, 0.25) is 0 Å². The van der Waals surface area contributed by atoms with Crippen LogP contribution in [0.25, 0.3) is 16.6 Å². The molecule has 154 valence electrons. The molecule has 0 bridgehead atoms. The third-order valence-electron chi connectivity index (χ3n) is 6.47. The first-order valence-corrected chi connectivity index (χ1v) is 10.8. The highest BCUT2D eigenvalue weighted by Crippen LogP contribution is 2.34. The molecule has 1 unspecified atom stereocenters. The third kappa shape index (κ3) is 3.19. The van der Waals surface area contributed by atoms with Gasteiger partial charge in [-0.25, -0.2) is 4.98 Å². The second kappa shape index (κ2) is 7.65. The Morgan fingerprint density at radius 3 is 3.03 bits per heavy atom. The molecule has 1 aliphatic carbocycles. The molecular weight excluding hydrogens is 372 g/mol. The fourth-order valence-corrected chi connectivity index (χ4v) is 4.88. The Kier molecular flexibility index (Phi) is 4.83. The van der Waals surface area contributed by atoms with Crippen molar-refractivity contribution >= 4 is 22.3 Å². The maximum absolute atomic E-state index is 10.6. The quantitative estimate of drug-likeness (QED) is 0.665. The highest BCUT2D eigenvalue weighted by Gasteiger charge is 2.29. The zero-order valence-electron chi connectivity index (χ0n) is 17.5. The third-order valence-corrected chi connectivity index (χ3v) is 6.47. The van der Waals surface area contributed by atoms with E-state index >= 15 is 0 Å². The number of H-pyrrole nitrogens is 1. The van der Waals surface area contributed by atoms with Crippen LogP contribution in [-0.2, 0) is 0 Å². The smallest absolute Gasteiger partial charge is 0.155 e. The Balaban J connectivity index is 1.46. The number of allylic oxidation sites excluding steroid dienone is 6. The lowest BCUT2D eigenvalue weighted by Gasteiger charge is -2.19. The van der Waals surface area contributed by atoms with Gasteiger partial charge in [0.1, 0.15) is 5.82 Å². The lowest BCUT2D eigenvalue weighted by molar-refractivity contribution is 0.214. The highest BCUT2D eigenvalue weighted by atomic mass is 16.3. The zero-order chi connectivity index (χ0) is 20.7. The van der Waals surface area contributed by atoms with Gasteiger partial charge in [0.2, 0.25) is 0 Å². The number of aromatic nitrogens is 2. The Labute approximate surface area is 177 Å². The van der Waals surface area contributed by atoms with Gasteiger partial charge in [-0.05, 0) is 50.0 Å². The number of nitrogens with zero attached hydrogens (tertiary/aromatic N) is 2. The number of fused-ring (bicyclic) bond motifs is 2. The normalized spacial score (nSPS) is 23.8. The molecule has 5 nitrogen and oxygen atoms in total. The fraction of sp³-hybridized carbons (Fsp3) is 0.320. The number of rotatable bonds is 4. The molecule has 5 heteroatoms. The van der Waals surface area contributed by atoms with Gasteiger partial charge in [-0.2, -0.15) is 0 Å². The Hall–Kier alpha value is -3.05. The number of aliphatic hydroxyl groups excluding tert-OH is 1. The van der Waals surface area contributed by atoms with Crippen molar-refractivity contribution in [3.8, 4) is 0 Å². The summed E-state index contributed by atoms with van der Waals surface area (Å²) in [7, 11) is 0. The number of nitrogens with one attached hydrogen (secondary N) is 2.